The summed E-state index contributed by atoms with van der Waals surface area (Å²) in [6, 6.07) is 9.68. The van der Waals surface area contributed by atoms with Gasteiger partial charge in [-0.05, 0) is 18.2 Å². The predicted molar refractivity (Wildman–Crippen MR) is 94.3 cm³/mol. The lowest BCUT2D eigenvalue weighted by Crippen LogP contribution is -2.45. The lowest BCUT2D eigenvalue weighted by atomic mass is 9.84. The SMILES string of the molecule is C=O.O=C1OC2(CCN(Nc3ccc(C(F)(F)F)cn3)CC2)c2ccccc21. The van der Waals surface area contributed by atoms with Gasteiger partial charge in [0, 0.05) is 37.7 Å². The molecule has 0 aliphatic carbocycles. The molecule has 0 saturated carbocycles. The number of piperidine rings is 1. The number of nitrogens with one attached hydrogen (secondary N) is 1. The zero-order chi connectivity index (χ0) is 20.4. The Balaban J connectivity index is 0.00000109. The first-order chi connectivity index (χ1) is 13.4. The fourth-order valence-corrected chi connectivity index (χ4v) is 3.49. The number of esters is 1. The van der Waals surface area contributed by atoms with Gasteiger partial charge in [-0.3, -0.25) is 0 Å². The summed E-state index contributed by atoms with van der Waals surface area (Å²) in [5, 5.41) is 1.87. The van der Waals surface area contributed by atoms with Gasteiger partial charge in [-0.2, -0.15) is 13.2 Å². The maximum absolute atomic E-state index is 12.6. The standard InChI is InChI=1S/C18H16F3N3O2.CH2O/c19-18(20,21)12-5-6-15(22-11-12)23-24-9-7-17(8-10-24)14-4-2-1-3-13(14)16(25)26-17;1-2/h1-6,11H,7-10H2,(H,22,23);1H2. The second-order valence-electron chi connectivity index (χ2n) is 6.46. The van der Waals surface area contributed by atoms with Crippen LogP contribution in [-0.4, -0.2) is 35.8 Å². The van der Waals surface area contributed by atoms with E-state index in [9.17, 15) is 18.0 Å². The third-order valence-electron chi connectivity index (χ3n) is 4.86. The molecule has 0 atom stereocenters. The van der Waals surface area contributed by atoms with Crippen molar-refractivity contribution in [2.75, 3.05) is 18.5 Å². The lowest BCUT2D eigenvalue weighted by molar-refractivity contribution is -0.137. The smallest absolute Gasteiger partial charge is 0.417 e. The van der Waals surface area contributed by atoms with Crippen LogP contribution in [-0.2, 0) is 21.3 Å². The van der Waals surface area contributed by atoms with Crippen LogP contribution in [0.2, 0.25) is 0 Å². The minimum atomic E-state index is -4.40. The molecule has 28 heavy (non-hydrogen) atoms. The van der Waals surface area contributed by atoms with Crippen molar-refractivity contribution < 1.29 is 27.5 Å². The van der Waals surface area contributed by atoms with Gasteiger partial charge in [-0.15, -0.1) is 0 Å². The van der Waals surface area contributed by atoms with Crippen LogP contribution in [0.15, 0.2) is 42.6 Å². The zero-order valence-electron chi connectivity index (χ0n) is 14.8. The van der Waals surface area contributed by atoms with Gasteiger partial charge in [-0.1, -0.05) is 18.2 Å². The van der Waals surface area contributed by atoms with E-state index in [0.29, 0.717) is 37.3 Å². The summed E-state index contributed by atoms with van der Waals surface area (Å²) >= 11 is 0. The van der Waals surface area contributed by atoms with Crippen molar-refractivity contribution in [3.05, 3.63) is 59.3 Å². The second kappa shape index (κ2) is 7.59. The molecular formula is C19H18F3N3O3. The number of hydrogen-bond donors (Lipinski definition) is 1. The van der Waals surface area contributed by atoms with Gasteiger partial charge >= 0.3 is 12.1 Å². The van der Waals surface area contributed by atoms with E-state index in [1.165, 1.54) is 6.07 Å². The Morgan fingerprint density at radius 2 is 1.79 bits per heavy atom. The van der Waals surface area contributed by atoms with Crippen LogP contribution in [0.1, 0.15) is 34.3 Å². The van der Waals surface area contributed by atoms with E-state index in [1.807, 2.05) is 30.0 Å². The molecule has 6 nitrogen and oxygen atoms in total. The predicted octanol–water partition coefficient (Wildman–Crippen LogP) is 3.40. The van der Waals surface area contributed by atoms with Crippen LogP contribution in [0.4, 0.5) is 19.0 Å². The number of aromatic nitrogens is 1. The number of nitrogens with zero attached hydrogens (tertiary/aromatic N) is 2. The fraction of sp³-hybridized carbons (Fsp3) is 0.316. The number of anilines is 1. The summed E-state index contributed by atoms with van der Waals surface area (Å²) in [6.07, 6.45) is -2.39. The quantitative estimate of drug-likeness (QED) is 0.789. The van der Waals surface area contributed by atoms with Crippen molar-refractivity contribution in [3.8, 4) is 0 Å². The Labute approximate surface area is 159 Å². The highest BCUT2D eigenvalue weighted by Crippen LogP contribution is 2.43. The van der Waals surface area contributed by atoms with Crippen molar-refractivity contribution in [1.29, 1.82) is 0 Å². The first-order valence-electron chi connectivity index (χ1n) is 8.54. The topological polar surface area (TPSA) is 71.5 Å². The number of hydrogen-bond acceptors (Lipinski definition) is 6. The molecule has 3 heterocycles. The summed E-state index contributed by atoms with van der Waals surface area (Å²) in [5.74, 6) is 0.0455. The molecule has 0 unspecified atom stereocenters. The summed E-state index contributed by atoms with van der Waals surface area (Å²) < 4.78 is 43.4. The van der Waals surface area contributed by atoms with E-state index >= 15 is 0 Å². The highest BCUT2D eigenvalue weighted by Gasteiger charge is 2.47. The molecule has 1 aromatic carbocycles. The van der Waals surface area contributed by atoms with Crippen LogP contribution < -0.4 is 5.43 Å². The van der Waals surface area contributed by atoms with Crippen LogP contribution >= 0.6 is 0 Å². The number of benzene rings is 1. The maximum Gasteiger partial charge on any atom is 0.417 e. The fourth-order valence-electron chi connectivity index (χ4n) is 3.49. The van der Waals surface area contributed by atoms with E-state index < -0.39 is 17.3 Å². The van der Waals surface area contributed by atoms with E-state index in [0.717, 1.165) is 17.8 Å². The van der Waals surface area contributed by atoms with Crippen molar-refractivity contribution in [2.45, 2.75) is 24.6 Å². The molecular weight excluding hydrogens is 375 g/mol. The lowest BCUT2D eigenvalue weighted by Gasteiger charge is -2.38. The molecule has 148 valence electrons. The van der Waals surface area contributed by atoms with E-state index in [2.05, 4.69) is 10.4 Å². The molecule has 1 fully saturated rings. The Bertz CT molecular complexity index is 847. The molecule has 2 aliphatic heterocycles. The number of hydrazine groups is 1. The molecule has 1 saturated heterocycles. The Morgan fingerprint density at radius 3 is 2.39 bits per heavy atom. The number of alkyl halides is 3. The number of rotatable bonds is 2. The molecule has 9 heteroatoms. The first-order valence-corrected chi connectivity index (χ1v) is 8.54. The zero-order valence-corrected chi connectivity index (χ0v) is 14.8. The van der Waals surface area contributed by atoms with Gasteiger partial charge in [-0.25, -0.2) is 14.8 Å². The van der Waals surface area contributed by atoms with E-state index in [-0.39, 0.29) is 5.97 Å². The van der Waals surface area contributed by atoms with Crippen LogP contribution in [0.25, 0.3) is 0 Å². The molecule has 1 spiro atoms. The minimum Gasteiger partial charge on any atom is -0.450 e. The summed E-state index contributed by atoms with van der Waals surface area (Å²) in [4.78, 5) is 23.9. The molecule has 0 radical (unpaired) electrons. The normalized spacial score (nSPS) is 18.0. The summed E-state index contributed by atoms with van der Waals surface area (Å²) in [6.45, 7) is 3.15. The number of ether oxygens (including phenoxy) is 1. The van der Waals surface area contributed by atoms with Gasteiger partial charge in [0.2, 0.25) is 0 Å². The highest BCUT2D eigenvalue weighted by atomic mass is 19.4. The molecule has 4 rings (SSSR count). The average Bonchev–Trinajstić information content (AvgIpc) is 2.97. The number of fused-ring (bicyclic) bond motifs is 2. The number of halogens is 3. The van der Waals surface area contributed by atoms with Gasteiger partial charge in [0.1, 0.15) is 18.2 Å². The molecule has 2 aliphatic rings. The highest BCUT2D eigenvalue weighted by molar-refractivity contribution is 5.94. The summed E-state index contributed by atoms with van der Waals surface area (Å²) in [7, 11) is 0. The van der Waals surface area contributed by atoms with Gasteiger partial charge in [0.25, 0.3) is 0 Å². The van der Waals surface area contributed by atoms with Crippen LogP contribution in [0.3, 0.4) is 0 Å². The molecule has 2 aromatic rings. The van der Waals surface area contributed by atoms with Gasteiger partial charge < -0.3 is 15.0 Å². The third kappa shape index (κ3) is 3.70. The summed E-state index contributed by atoms with van der Waals surface area (Å²) in [5.41, 5.74) is 3.15. The average molecular weight is 393 g/mol. The van der Waals surface area contributed by atoms with Crippen molar-refractivity contribution >= 4 is 18.6 Å². The largest absolute Gasteiger partial charge is 0.450 e. The molecule has 0 amide bonds. The molecule has 1 aromatic heterocycles. The van der Waals surface area contributed by atoms with Crippen molar-refractivity contribution in [3.63, 3.8) is 0 Å². The Kier molecular flexibility index (Phi) is 5.37. The third-order valence-corrected chi connectivity index (χ3v) is 4.86. The van der Waals surface area contributed by atoms with Gasteiger partial charge in [0.15, 0.2) is 0 Å². The number of pyridine rings is 1. The van der Waals surface area contributed by atoms with E-state index in [1.54, 1.807) is 6.07 Å². The molecule has 1 N–H and O–H groups in total. The second-order valence-corrected chi connectivity index (χ2v) is 6.46. The van der Waals surface area contributed by atoms with Crippen molar-refractivity contribution in [2.24, 2.45) is 0 Å². The first kappa shape index (κ1) is 19.8. The van der Waals surface area contributed by atoms with Crippen LogP contribution in [0.5, 0.6) is 0 Å². The van der Waals surface area contributed by atoms with Gasteiger partial charge in [0.05, 0.1) is 11.1 Å². The van der Waals surface area contributed by atoms with Crippen LogP contribution in [0, 0.1) is 0 Å². The Morgan fingerprint density at radius 1 is 1.11 bits per heavy atom. The maximum atomic E-state index is 12.6. The Hall–Kier alpha value is -2.94. The van der Waals surface area contributed by atoms with Crippen molar-refractivity contribution in [1.82, 2.24) is 9.99 Å². The monoisotopic (exact) mass is 393 g/mol. The minimum absolute atomic E-state index is 0.300. The van der Waals surface area contributed by atoms with E-state index in [4.69, 9.17) is 9.53 Å². The number of carbonyl (C=O) groups is 2. The molecule has 0 bridgehead atoms. The number of carbonyl (C=O) groups excluding carboxylic acids is 2.